The normalized spacial score (nSPS) is 14.1. The average Bonchev–Trinajstić information content (AvgIpc) is 3.43. The van der Waals surface area contributed by atoms with E-state index in [1.54, 1.807) is 7.11 Å². The molecule has 1 aliphatic rings. The lowest BCUT2D eigenvalue weighted by Gasteiger charge is -2.22. The molecule has 1 aromatic heterocycles. The van der Waals surface area contributed by atoms with E-state index in [0.29, 0.717) is 36.4 Å². The van der Waals surface area contributed by atoms with E-state index >= 15 is 0 Å². The van der Waals surface area contributed by atoms with Crippen molar-refractivity contribution in [2.45, 2.75) is 71.9 Å². The summed E-state index contributed by atoms with van der Waals surface area (Å²) in [5.41, 5.74) is 2.35. The van der Waals surface area contributed by atoms with Crippen molar-refractivity contribution in [3.8, 4) is 11.5 Å². The lowest BCUT2D eigenvalue weighted by Crippen LogP contribution is -2.32. The molecular formula is C24H35N3O3. The number of nitrogens with zero attached hydrogens (tertiary/aromatic N) is 2. The second-order valence-corrected chi connectivity index (χ2v) is 9.51. The minimum atomic E-state index is -0.252. The number of aromatic nitrogens is 2. The third-order valence-corrected chi connectivity index (χ3v) is 5.23. The predicted molar refractivity (Wildman–Crippen MR) is 118 cm³/mol. The standard InChI is InChI=1S/C24H35N3O3/c1-16(2)11-12-30-21-10-7-17(13-22(21)29-6)15-25-23(28)20-14-19(18-8-9-18)26-27(20)24(3,4)5/h7,10,13-14,16,18H,8-9,11-12,15H2,1-6H3,(H,25,28). The van der Waals surface area contributed by atoms with Crippen LogP contribution in [-0.2, 0) is 12.1 Å². The van der Waals surface area contributed by atoms with Crippen LogP contribution in [-0.4, -0.2) is 29.4 Å². The average molecular weight is 414 g/mol. The van der Waals surface area contributed by atoms with Crippen LogP contribution in [0.25, 0.3) is 0 Å². The van der Waals surface area contributed by atoms with Crippen LogP contribution in [0.5, 0.6) is 11.5 Å². The first kappa shape index (κ1) is 22.2. The minimum absolute atomic E-state index is 0.111. The summed E-state index contributed by atoms with van der Waals surface area (Å²) in [6.07, 6.45) is 3.31. The van der Waals surface area contributed by atoms with Gasteiger partial charge in [0.25, 0.3) is 5.91 Å². The number of carbonyl (C=O) groups excluding carboxylic acids is 1. The van der Waals surface area contributed by atoms with Gasteiger partial charge in [0.2, 0.25) is 0 Å². The number of carbonyl (C=O) groups is 1. The zero-order valence-corrected chi connectivity index (χ0v) is 19.1. The molecule has 164 valence electrons. The van der Waals surface area contributed by atoms with E-state index in [2.05, 4.69) is 39.9 Å². The Morgan fingerprint density at radius 2 is 1.97 bits per heavy atom. The van der Waals surface area contributed by atoms with Crippen molar-refractivity contribution in [3.63, 3.8) is 0 Å². The van der Waals surface area contributed by atoms with Crippen LogP contribution < -0.4 is 14.8 Å². The van der Waals surface area contributed by atoms with Gasteiger partial charge in [0.05, 0.1) is 24.9 Å². The second-order valence-electron chi connectivity index (χ2n) is 9.51. The van der Waals surface area contributed by atoms with Crippen molar-refractivity contribution >= 4 is 5.91 Å². The maximum absolute atomic E-state index is 12.9. The maximum Gasteiger partial charge on any atom is 0.269 e. The van der Waals surface area contributed by atoms with Crippen LogP contribution >= 0.6 is 0 Å². The molecule has 30 heavy (non-hydrogen) atoms. The summed E-state index contributed by atoms with van der Waals surface area (Å²) in [5.74, 6) is 2.40. The zero-order valence-electron chi connectivity index (χ0n) is 19.1. The first-order chi connectivity index (χ1) is 14.2. The molecule has 0 spiro atoms. The molecule has 0 aliphatic heterocycles. The fourth-order valence-electron chi connectivity index (χ4n) is 3.27. The fourth-order valence-corrected chi connectivity index (χ4v) is 3.27. The molecule has 1 N–H and O–H groups in total. The molecule has 1 saturated carbocycles. The van der Waals surface area contributed by atoms with Gasteiger partial charge in [0.1, 0.15) is 5.69 Å². The molecule has 3 rings (SSSR count). The van der Waals surface area contributed by atoms with Gasteiger partial charge in [-0.3, -0.25) is 9.48 Å². The molecule has 0 saturated heterocycles. The van der Waals surface area contributed by atoms with Crippen LogP contribution in [0.1, 0.15) is 81.5 Å². The number of ether oxygens (including phenoxy) is 2. The van der Waals surface area contributed by atoms with E-state index in [4.69, 9.17) is 14.6 Å². The molecule has 0 radical (unpaired) electrons. The topological polar surface area (TPSA) is 65.4 Å². The molecule has 6 heteroatoms. The van der Waals surface area contributed by atoms with Gasteiger partial charge in [-0.15, -0.1) is 0 Å². The molecule has 0 atom stereocenters. The van der Waals surface area contributed by atoms with Gasteiger partial charge >= 0.3 is 0 Å². The number of hydrogen-bond acceptors (Lipinski definition) is 4. The second kappa shape index (κ2) is 9.11. The van der Waals surface area contributed by atoms with Crippen molar-refractivity contribution < 1.29 is 14.3 Å². The Morgan fingerprint density at radius 3 is 2.57 bits per heavy atom. The largest absolute Gasteiger partial charge is 0.493 e. The van der Waals surface area contributed by atoms with E-state index in [-0.39, 0.29) is 11.4 Å². The molecule has 0 bridgehead atoms. The lowest BCUT2D eigenvalue weighted by atomic mass is 10.1. The number of benzene rings is 1. The summed E-state index contributed by atoms with van der Waals surface area (Å²) in [5, 5.41) is 7.75. The number of rotatable bonds is 9. The summed E-state index contributed by atoms with van der Waals surface area (Å²) in [7, 11) is 1.63. The van der Waals surface area contributed by atoms with Gasteiger partial charge in [0.15, 0.2) is 11.5 Å². The van der Waals surface area contributed by atoms with Crippen molar-refractivity contribution in [2.75, 3.05) is 13.7 Å². The summed E-state index contributed by atoms with van der Waals surface area (Å²) in [6.45, 7) is 11.6. The third kappa shape index (κ3) is 5.55. The highest BCUT2D eigenvalue weighted by molar-refractivity contribution is 5.92. The molecule has 2 aromatic rings. The van der Waals surface area contributed by atoms with Crippen molar-refractivity contribution in [3.05, 3.63) is 41.2 Å². The van der Waals surface area contributed by atoms with Crippen LogP contribution in [0.3, 0.4) is 0 Å². The van der Waals surface area contributed by atoms with Gasteiger partial charge in [-0.25, -0.2) is 0 Å². The number of amides is 1. The Morgan fingerprint density at radius 1 is 1.23 bits per heavy atom. The first-order valence-corrected chi connectivity index (χ1v) is 10.9. The molecule has 1 aromatic carbocycles. The lowest BCUT2D eigenvalue weighted by molar-refractivity contribution is 0.0932. The maximum atomic E-state index is 12.9. The zero-order chi connectivity index (χ0) is 21.9. The van der Waals surface area contributed by atoms with E-state index < -0.39 is 0 Å². The Kier molecular flexibility index (Phi) is 6.74. The molecule has 1 fully saturated rings. The van der Waals surface area contributed by atoms with Gasteiger partial charge < -0.3 is 14.8 Å². The Labute approximate surface area is 180 Å². The van der Waals surface area contributed by atoms with Crippen molar-refractivity contribution in [2.24, 2.45) is 5.92 Å². The van der Waals surface area contributed by atoms with Crippen LogP contribution in [0.2, 0.25) is 0 Å². The van der Waals surface area contributed by atoms with E-state index in [1.165, 1.54) is 0 Å². The third-order valence-electron chi connectivity index (χ3n) is 5.23. The summed E-state index contributed by atoms with van der Waals surface area (Å²) >= 11 is 0. The smallest absolute Gasteiger partial charge is 0.269 e. The van der Waals surface area contributed by atoms with Crippen molar-refractivity contribution in [1.29, 1.82) is 0 Å². The van der Waals surface area contributed by atoms with Gasteiger partial charge in [-0.2, -0.15) is 5.10 Å². The highest BCUT2D eigenvalue weighted by atomic mass is 16.5. The Bertz CT molecular complexity index is 876. The monoisotopic (exact) mass is 413 g/mol. The first-order valence-electron chi connectivity index (χ1n) is 10.9. The van der Waals surface area contributed by atoms with Crippen molar-refractivity contribution in [1.82, 2.24) is 15.1 Å². The molecule has 1 heterocycles. The highest BCUT2D eigenvalue weighted by Crippen LogP contribution is 2.40. The van der Waals surface area contributed by atoms with E-state index in [0.717, 1.165) is 36.3 Å². The molecule has 1 amide bonds. The van der Waals surface area contributed by atoms with Gasteiger partial charge in [-0.05, 0) is 69.7 Å². The van der Waals surface area contributed by atoms with Crippen LogP contribution in [0.4, 0.5) is 0 Å². The predicted octanol–water partition coefficient (Wildman–Crippen LogP) is 4.88. The minimum Gasteiger partial charge on any atom is -0.493 e. The molecular weight excluding hydrogens is 378 g/mol. The molecule has 1 aliphatic carbocycles. The number of nitrogens with one attached hydrogen (secondary N) is 1. The fraction of sp³-hybridized carbons (Fsp3) is 0.583. The highest BCUT2D eigenvalue weighted by Gasteiger charge is 2.31. The summed E-state index contributed by atoms with van der Waals surface area (Å²) < 4.78 is 13.2. The van der Waals surface area contributed by atoms with E-state index in [9.17, 15) is 4.79 Å². The Hall–Kier alpha value is -2.50. The Balaban J connectivity index is 1.67. The summed E-state index contributed by atoms with van der Waals surface area (Å²) in [4.78, 5) is 12.9. The van der Waals surface area contributed by atoms with Crippen LogP contribution in [0, 0.1) is 5.92 Å². The molecule has 6 nitrogen and oxygen atoms in total. The summed E-state index contributed by atoms with van der Waals surface area (Å²) in [6, 6.07) is 7.74. The quantitative estimate of drug-likeness (QED) is 0.636. The number of hydrogen-bond donors (Lipinski definition) is 1. The van der Waals surface area contributed by atoms with Crippen LogP contribution in [0.15, 0.2) is 24.3 Å². The molecule has 0 unspecified atom stereocenters. The van der Waals surface area contributed by atoms with E-state index in [1.807, 2.05) is 28.9 Å². The van der Waals surface area contributed by atoms with Gasteiger partial charge in [-0.1, -0.05) is 19.9 Å². The SMILES string of the molecule is COc1cc(CNC(=O)c2cc(C3CC3)nn2C(C)(C)C)ccc1OCCC(C)C. The van der Waals surface area contributed by atoms with Gasteiger partial charge in [0, 0.05) is 12.5 Å². The number of methoxy groups -OCH3 is 1.